The van der Waals surface area contributed by atoms with Crippen LogP contribution in [0, 0.1) is 5.92 Å². The van der Waals surface area contributed by atoms with Crippen molar-refractivity contribution >= 4 is 33.4 Å². The van der Waals surface area contributed by atoms with Crippen molar-refractivity contribution in [3.05, 3.63) is 30.0 Å². The Bertz CT molecular complexity index is 793. The van der Waals surface area contributed by atoms with Crippen molar-refractivity contribution in [2.45, 2.75) is 43.9 Å². The maximum atomic E-state index is 12.7. The molecule has 0 amide bonds. The van der Waals surface area contributed by atoms with E-state index in [0.717, 1.165) is 31.1 Å². The SMILES string of the molecule is CC1CCCCC1(CN)NS(=O)(=O)Cc1noc2ccccc12.Cl. The van der Waals surface area contributed by atoms with Gasteiger partial charge in [-0.2, -0.15) is 0 Å². The number of aromatic nitrogens is 1. The Balaban J connectivity index is 0.00000208. The molecule has 2 aromatic rings. The third-order valence-electron chi connectivity index (χ3n) is 4.96. The molecule has 6 nitrogen and oxygen atoms in total. The predicted molar refractivity (Wildman–Crippen MR) is 96.4 cm³/mol. The molecule has 1 aliphatic rings. The second-order valence-electron chi connectivity index (χ2n) is 6.49. The molecule has 0 aliphatic heterocycles. The zero-order chi connectivity index (χ0) is 16.5. The second-order valence-corrected chi connectivity index (χ2v) is 8.22. The summed E-state index contributed by atoms with van der Waals surface area (Å²) in [6, 6.07) is 7.26. The van der Waals surface area contributed by atoms with Crippen LogP contribution in [-0.2, 0) is 15.8 Å². The highest BCUT2D eigenvalue weighted by Gasteiger charge is 2.40. The molecule has 2 atom stereocenters. The maximum absolute atomic E-state index is 12.7. The normalized spacial score (nSPS) is 24.7. The van der Waals surface area contributed by atoms with Gasteiger partial charge in [-0.05, 0) is 30.9 Å². The number of nitrogens with one attached hydrogen (secondary N) is 1. The summed E-state index contributed by atoms with van der Waals surface area (Å²) < 4.78 is 33.4. The smallest absolute Gasteiger partial charge is 0.218 e. The van der Waals surface area contributed by atoms with Crippen LogP contribution in [0.2, 0.25) is 0 Å². The molecule has 2 unspecified atom stereocenters. The van der Waals surface area contributed by atoms with Gasteiger partial charge in [0, 0.05) is 17.5 Å². The van der Waals surface area contributed by atoms with Gasteiger partial charge in [0.1, 0.15) is 11.4 Å². The maximum Gasteiger partial charge on any atom is 0.218 e. The first-order chi connectivity index (χ1) is 11.0. The van der Waals surface area contributed by atoms with Gasteiger partial charge >= 0.3 is 0 Å². The van der Waals surface area contributed by atoms with Crippen LogP contribution in [0.1, 0.15) is 38.3 Å². The van der Waals surface area contributed by atoms with Crippen molar-refractivity contribution in [3.63, 3.8) is 0 Å². The molecular formula is C16H24ClN3O3S. The average Bonchev–Trinajstić information content (AvgIpc) is 2.92. The number of halogens is 1. The quantitative estimate of drug-likeness (QED) is 0.839. The zero-order valence-electron chi connectivity index (χ0n) is 13.7. The fourth-order valence-corrected chi connectivity index (χ4v) is 5.12. The van der Waals surface area contributed by atoms with Gasteiger partial charge < -0.3 is 10.3 Å². The van der Waals surface area contributed by atoms with Gasteiger partial charge in [-0.1, -0.05) is 37.1 Å². The highest BCUT2D eigenvalue weighted by molar-refractivity contribution is 7.88. The second kappa shape index (κ2) is 7.39. The number of nitrogens with zero attached hydrogens (tertiary/aromatic N) is 1. The van der Waals surface area contributed by atoms with E-state index >= 15 is 0 Å². The lowest BCUT2D eigenvalue weighted by Crippen LogP contribution is -2.59. The molecule has 1 aliphatic carbocycles. The number of fused-ring (bicyclic) bond motifs is 1. The van der Waals surface area contributed by atoms with Gasteiger partial charge in [-0.3, -0.25) is 0 Å². The highest BCUT2D eigenvalue weighted by Crippen LogP contribution is 2.34. The zero-order valence-corrected chi connectivity index (χ0v) is 15.3. The molecule has 1 heterocycles. The van der Waals surface area contributed by atoms with Gasteiger partial charge in [0.05, 0.1) is 0 Å². The van der Waals surface area contributed by atoms with Crippen molar-refractivity contribution in [3.8, 4) is 0 Å². The van der Waals surface area contributed by atoms with Crippen LogP contribution in [0.15, 0.2) is 28.8 Å². The number of sulfonamides is 1. The molecular weight excluding hydrogens is 350 g/mol. The first kappa shape index (κ1) is 19.2. The fourth-order valence-electron chi connectivity index (χ4n) is 3.48. The standard InChI is InChI=1S/C16H23N3O3S.ClH/c1-12-6-4-5-9-16(12,11-17)19-23(20,21)10-14-13-7-2-3-8-15(13)22-18-14;/h2-3,7-8,12,19H,4-6,9-11,17H2,1H3;1H. The summed E-state index contributed by atoms with van der Waals surface area (Å²) in [5.41, 5.74) is 6.42. The van der Waals surface area contributed by atoms with Crippen molar-refractivity contribution in [2.75, 3.05) is 6.54 Å². The predicted octanol–water partition coefficient (Wildman–Crippen LogP) is 2.58. The lowest BCUT2D eigenvalue weighted by molar-refractivity contribution is 0.191. The Morgan fingerprint density at radius 2 is 2.12 bits per heavy atom. The minimum atomic E-state index is -3.55. The van der Waals surface area contributed by atoms with Crippen LogP contribution < -0.4 is 10.5 Å². The first-order valence-corrected chi connectivity index (χ1v) is 9.66. The molecule has 0 saturated heterocycles. The molecule has 0 radical (unpaired) electrons. The Morgan fingerprint density at radius 3 is 2.83 bits per heavy atom. The van der Waals surface area contributed by atoms with E-state index in [2.05, 4.69) is 16.8 Å². The van der Waals surface area contributed by atoms with Gasteiger partial charge in [0.15, 0.2) is 5.58 Å². The number of nitrogens with two attached hydrogens (primary N) is 1. The summed E-state index contributed by atoms with van der Waals surface area (Å²) >= 11 is 0. The van der Waals surface area contributed by atoms with Gasteiger partial charge in [0.2, 0.25) is 10.0 Å². The Kier molecular flexibility index (Phi) is 5.91. The van der Waals surface area contributed by atoms with Crippen LogP contribution in [0.4, 0.5) is 0 Å². The summed E-state index contributed by atoms with van der Waals surface area (Å²) in [5.74, 6) is 0.0310. The number of benzene rings is 1. The Labute approximate surface area is 148 Å². The molecule has 3 N–H and O–H groups in total. The largest absolute Gasteiger partial charge is 0.356 e. The molecule has 1 fully saturated rings. The van der Waals surface area contributed by atoms with E-state index in [4.69, 9.17) is 10.3 Å². The Hall–Kier alpha value is -1.15. The molecule has 1 aromatic carbocycles. The van der Waals surface area contributed by atoms with Gasteiger partial charge in [-0.15, -0.1) is 12.4 Å². The van der Waals surface area contributed by atoms with Crippen LogP contribution in [0.3, 0.4) is 0 Å². The summed E-state index contributed by atoms with van der Waals surface area (Å²) in [5, 5.41) is 4.65. The minimum absolute atomic E-state index is 0. The number of hydrogen-bond donors (Lipinski definition) is 2. The Morgan fingerprint density at radius 1 is 1.38 bits per heavy atom. The lowest BCUT2D eigenvalue weighted by atomic mass is 9.74. The van der Waals surface area contributed by atoms with E-state index < -0.39 is 15.6 Å². The van der Waals surface area contributed by atoms with Crippen LogP contribution >= 0.6 is 12.4 Å². The van der Waals surface area contributed by atoms with E-state index in [1.54, 1.807) is 6.07 Å². The van der Waals surface area contributed by atoms with E-state index in [1.165, 1.54) is 0 Å². The van der Waals surface area contributed by atoms with Gasteiger partial charge in [0.25, 0.3) is 0 Å². The minimum Gasteiger partial charge on any atom is -0.356 e. The van der Waals surface area contributed by atoms with E-state index in [0.29, 0.717) is 17.8 Å². The van der Waals surface area contributed by atoms with Crippen molar-refractivity contribution < 1.29 is 12.9 Å². The summed E-state index contributed by atoms with van der Waals surface area (Å²) in [7, 11) is -3.55. The van der Waals surface area contributed by atoms with Crippen molar-refractivity contribution in [1.29, 1.82) is 0 Å². The molecule has 1 aromatic heterocycles. The molecule has 3 rings (SSSR count). The molecule has 0 bridgehead atoms. The molecule has 1 saturated carbocycles. The molecule has 8 heteroatoms. The van der Waals surface area contributed by atoms with Crippen LogP contribution in [0.25, 0.3) is 11.0 Å². The van der Waals surface area contributed by atoms with Gasteiger partial charge in [-0.25, -0.2) is 13.1 Å². The first-order valence-electron chi connectivity index (χ1n) is 8.01. The van der Waals surface area contributed by atoms with E-state index in [9.17, 15) is 8.42 Å². The molecule has 134 valence electrons. The molecule has 0 spiro atoms. The fraction of sp³-hybridized carbons (Fsp3) is 0.562. The average molecular weight is 374 g/mol. The number of rotatable bonds is 5. The van der Waals surface area contributed by atoms with Crippen molar-refractivity contribution in [1.82, 2.24) is 9.88 Å². The number of hydrogen-bond acceptors (Lipinski definition) is 5. The topological polar surface area (TPSA) is 98.2 Å². The number of para-hydroxylation sites is 1. The summed E-state index contributed by atoms with van der Waals surface area (Å²) in [6.45, 7) is 2.38. The monoisotopic (exact) mass is 373 g/mol. The summed E-state index contributed by atoms with van der Waals surface area (Å²) in [6.07, 6.45) is 3.89. The van der Waals surface area contributed by atoms with E-state index in [-0.39, 0.29) is 24.1 Å². The third kappa shape index (κ3) is 3.74. The van der Waals surface area contributed by atoms with Crippen LogP contribution in [-0.4, -0.2) is 25.7 Å². The van der Waals surface area contributed by atoms with E-state index in [1.807, 2.05) is 18.2 Å². The van der Waals surface area contributed by atoms with Crippen LogP contribution in [0.5, 0.6) is 0 Å². The molecule has 24 heavy (non-hydrogen) atoms. The summed E-state index contributed by atoms with van der Waals surface area (Å²) in [4.78, 5) is 0. The highest BCUT2D eigenvalue weighted by atomic mass is 35.5. The lowest BCUT2D eigenvalue weighted by Gasteiger charge is -2.42. The third-order valence-corrected chi connectivity index (χ3v) is 6.33. The van der Waals surface area contributed by atoms with Crippen molar-refractivity contribution in [2.24, 2.45) is 11.7 Å².